The van der Waals surface area contributed by atoms with Crippen LogP contribution < -0.4 is 0 Å². The number of ether oxygens (including phenoxy) is 1. The van der Waals surface area contributed by atoms with Crippen LogP contribution in [0.2, 0.25) is 0 Å². The maximum absolute atomic E-state index is 11.6. The summed E-state index contributed by atoms with van der Waals surface area (Å²) in [6.07, 6.45) is -2.65. The zero-order valence-corrected chi connectivity index (χ0v) is 9.99. The zero-order chi connectivity index (χ0) is 11.2. The average molecular weight is 277 g/mol. The first kappa shape index (κ1) is 14.2. The first-order chi connectivity index (χ1) is 6.33. The third kappa shape index (κ3) is 8.81. The third-order valence-electron chi connectivity index (χ3n) is 2.00. The standard InChI is InChI=1S/C9H16BrF3O/c1-7(8(2)10)4-3-5-14-6-9(11,12)13/h7-8H,3-6H2,1-2H3. The summed E-state index contributed by atoms with van der Waals surface area (Å²) in [4.78, 5) is 0.394. The molecule has 14 heavy (non-hydrogen) atoms. The van der Waals surface area contributed by atoms with E-state index in [1.807, 2.05) is 6.92 Å². The van der Waals surface area contributed by atoms with Crippen molar-refractivity contribution in [2.24, 2.45) is 5.92 Å². The van der Waals surface area contributed by atoms with Gasteiger partial charge < -0.3 is 4.74 Å². The Morgan fingerprint density at radius 2 is 1.86 bits per heavy atom. The van der Waals surface area contributed by atoms with Gasteiger partial charge in [-0.15, -0.1) is 0 Å². The van der Waals surface area contributed by atoms with E-state index in [2.05, 4.69) is 27.6 Å². The zero-order valence-electron chi connectivity index (χ0n) is 8.40. The van der Waals surface area contributed by atoms with Gasteiger partial charge >= 0.3 is 6.18 Å². The molecule has 0 aliphatic rings. The molecule has 0 aliphatic heterocycles. The quantitative estimate of drug-likeness (QED) is 0.530. The van der Waals surface area contributed by atoms with Crippen LogP contribution in [0.25, 0.3) is 0 Å². The number of alkyl halides is 4. The fourth-order valence-electron chi connectivity index (χ4n) is 0.925. The summed E-state index contributed by atoms with van der Waals surface area (Å²) >= 11 is 3.42. The van der Waals surface area contributed by atoms with Crippen molar-refractivity contribution in [1.82, 2.24) is 0 Å². The molecule has 1 nitrogen and oxygen atoms in total. The lowest BCUT2D eigenvalue weighted by Crippen LogP contribution is -2.17. The molecule has 0 aromatic heterocycles. The van der Waals surface area contributed by atoms with Crippen LogP contribution >= 0.6 is 15.9 Å². The molecule has 0 amide bonds. The van der Waals surface area contributed by atoms with Crippen molar-refractivity contribution in [3.05, 3.63) is 0 Å². The third-order valence-corrected chi connectivity index (χ3v) is 2.90. The van der Waals surface area contributed by atoms with Gasteiger partial charge in [0.15, 0.2) is 0 Å². The minimum Gasteiger partial charge on any atom is -0.372 e. The fourth-order valence-corrected chi connectivity index (χ4v) is 1.19. The van der Waals surface area contributed by atoms with E-state index in [0.29, 0.717) is 17.2 Å². The molecule has 0 aliphatic carbocycles. The fraction of sp³-hybridized carbons (Fsp3) is 1.00. The Balaban J connectivity index is 3.30. The number of rotatable bonds is 6. The Bertz CT molecular complexity index is 147. The van der Waals surface area contributed by atoms with E-state index in [1.54, 1.807) is 0 Å². The second-order valence-electron chi connectivity index (χ2n) is 3.46. The van der Waals surface area contributed by atoms with Gasteiger partial charge in [0.25, 0.3) is 0 Å². The Hall–Kier alpha value is 0.230. The highest BCUT2D eigenvalue weighted by Gasteiger charge is 2.27. The molecule has 86 valence electrons. The minimum absolute atomic E-state index is 0.184. The Morgan fingerprint density at radius 3 is 2.29 bits per heavy atom. The first-order valence-electron chi connectivity index (χ1n) is 4.61. The molecule has 0 aromatic rings. The molecule has 0 spiro atoms. The SMILES string of the molecule is CC(Br)C(C)CCCOCC(F)(F)F. The van der Waals surface area contributed by atoms with Gasteiger partial charge in [0.05, 0.1) is 0 Å². The van der Waals surface area contributed by atoms with Crippen LogP contribution in [-0.2, 0) is 4.74 Å². The van der Waals surface area contributed by atoms with E-state index in [-0.39, 0.29) is 6.61 Å². The Morgan fingerprint density at radius 1 is 1.29 bits per heavy atom. The molecule has 0 heterocycles. The van der Waals surface area contributed by atoms with Crippen LogP contribution in [0.5, 0.6) is 0 Å². The van der Waals surface area contributed by atoms with Gasteiger partial charge in [-0.05, 0) is 18.8 Å². The molecule has 0 fully saturated rings. The lowest BCUT2D eigenvalue weighted by molar-refractivity contribution is -0.174. The van der Waals surface area contributed by atoms with Gasteiger partial charge in [0.2, 0.25) is 0 Å². The van der Waals surface area contributed by atoms with Crippen molar-refractivity contribution in [1.29, 1.82) is 0 Å². The molecule has 0 saturated carbocycles. The van der Waals surface area contributed by atoms with E-state index in [0.717, 1.165) is 6.42 Å². The smallest absolute Gasteiger partial charge is 0.372 e. The summed E-state index contributed by atoms with van der Waals surface area (Å²) in [5.74, 6) is 0.462. The van der Waals surface area contributed by atoms with Crippen LogP contribution in [0, 0.1) is 5.92 Å². The molecule has 2 atom stereocenters. The van der Waals surface area contributed by atoms with Gasteiger partial charge in [-0.3, -0.25) is 0 Å². The summed E-state index contributed by atoms with van der Waals surface area (Å²) in [5.41, 5.74) is 0. The molecular weight excluding hydrogens is 261 g/mol. The van der Waals surface area contributed by atoms with Crippen molar-refractivity contribution < 1.29 is 17.9 Å². The summed E-state index contributed by atoms with van der Waals surface area (Å²) < 4.78 is 39.4. The van der Waals surface area contributed by atoms with Gasteiger partial charge in [-0.1, -0.05) is 29.8 Å². The van der Waals surface area contributed by atoms with Gasteiger partial charge in [0.1, 0.15) is 6.61 Å². The van der Waals surface area contributed by atoms with Crippen LogP contribution in [0.3, 0.4) is 0 Å². The Labute approximate surface area is 91.1 Å². The molecule has 0 N–H and O–H groups in total. The van der Waals surface area contributed by atoms with Crippen molar-refractivity contribution in [3.8, 4) is 0 Å². The second-order valence-corrected chi connectivity index (χ2v) is 4.91. The lowest BCUT2D eigenvalue weighted by atomic mass is 10.0. The number of hydrogen-bond donors (Lipinski definition) is 0. The molecular formula is C9H16BrF3O. The van der Waals surface area contributed by atoms with Crippen molar-refractivity contribution >= 4 is 15.9 Å². The maximum Gasteiger partial charge on any atom is 0.411 e. The Kier molecular flexibility index (Phi) is 6.78. The lowest BCUT2D eigenvalue weighted by Gasteiger charge is -2.13. The van der Waals surface area contributed by atoms with E-state index < -0.39 is 12.8 Å². The summed E-state index contributed by atoms with van der Waals surface area (Å²) in [5, 5.41) is 0. The molecule has 2 unspecified atom stereocenters. The molecule has 0 bridgehead atoms. The largest absolute Gasteiger partial charge is 0.411 e. The van der Waals surface area contributed by atoms with Gasteiger partial charge in [-0.2, -0.15) is 13.2 Å². The van der Waals surface area contributed by atoms with Crippen molar-refractivity contribution in [2.75, 3.05) is 13.2 Å². The maximum atomic E-state index is 11.6. The van der Waals surface area contributed by atoms with E-state index >= 15 is 0 Å². The van der Waals surface area contributed by atoms with E-state index in [4.69, 9.17) is 0 Å². The summed E-state index contributed by atoms with van der Waals surface area (Å²) in [6.45, 7) is 3.14. The number of halogens is 4. The van der Waals surface area contributed by atoms with Crippen molar-refractivity contribution in [2.45, 2.75) is 37.7 Å². The highest BCUT2D eigenvalue weighted by Crippen LogP contribution is 2.18. The molecule has 0 aromatic carbocycles. The predicted octanol–water partition coefficient (Wildman–Crippen LogP) is 3.77. The van der Waals surface area contributed by atoms with Crippen LogP contribution in [0.4, 0.5) is 13.2 Å². The summed E-state index contributed by atoms with van der Waals surface area (Å²) in [6, 6.07) is 0. The highest BCUT2D eigenvalue weighted by molar-refractivity contribution is 9.09. The average Bonchev–Trinajstić information content (AvgIpc) is 2.01. The first-order valence-corrected chi connectivity index (χ1v) is 5.53. The van der Waals surface area contributed by atoms with Crippen molar-refractivity contribution in [3.63, 3.8) is 0 Å². The van der Waals surface area contributed by atoms with Crippen LogP contribution in [-0.4, -0.2) is 24.2 Å². The van der Waals surface area contributed by atoms with E-state index in [9.17, 15) is 13.2 Å². The van der Waals surface area contributed by atoms with Gasteiger partial charge in [0, 0.05) is 11.4 Å². The topological polar surface area (TPSA) is 9.23 Å². The highest BCUT2D eigenvalue weighted by atomic mass is 79.9. The molecule has 0 radical (unpaired) electrons. The minimum atomic E-state index is -4.20. The second kappa shape index (κ2) is 6.67. The predicted molar refractivity (Wildman–Crippen MR) is 53.7 cm³/mol. The van der Waals surface area contributed by atoms with Crippen LogP contribution in [0.15, 0.2) is 0 Å². The molecule has 0 rings (SSSR count). The number of hydrogen-bond acceptors (Lipinski definition) is 1. The van der Waals surface area contributed by atoms with Crippen LogP contribution in [0.1, 0.15) is 26.7 Å². The molecule has 0 saturated heterocycles. The monoisotopic (exact) mass is 276 g/mol. The normalized spacial score (nSPS) is 16.7. The van der Waals surface area contributed by atoms with Gasteiger partial charge in [-0.25, -0.2) is 0 Å². The summed E-state index contributed by atoms with van der Waals surface area (Å²) in [7, 11) is 0. The molecule has 5 heteroatoms. The van der Waals surface area contributed by atoms with E-state index in [1.165, 1.54) is 0 Å².